The van der Waals surface area contributed by atoms with Crippen molar-refractivity contribution in [3.63, 3.8) is 0 Å². The number of likely N-dealkylation sites (N-methyl/N-ethyl adjacent to an activating group) is 1. The van der Waals surface area contributed by atoms with Crippen molar-refractivity contribution in [1.29, 1.82) is 0 Å². The number of carbonyl (C=O) groups excluding carboxylic acids is 1. The van der Waals surface area contributed by atoms with Crippen molar-refractivity contribution in [2.45, 2.75) is 18.1 Å². The number of piperidine rings is 1. The van der Waals surface area contributed by atoms with Gasteiger partial charge < -0.3 is 4.90 Å². The van der Waals surface area contributed by atoms with Crippen LogP contribution in [0.4, 0.5) is 0 Å². The first-order valence-electron chi connectivity index (χ1n) is 4.70. The molecule has 0 radical (unpaired) electrons. The Bertz CT molecular complexity index is 176. The van der Waals surface area contributed by atoms with E-state index in [1.807, 2.05) is 0 Å². The second-order valence-corrected chi connectivity index (χ2v) is 4.53. The van der Waals surface area contributed by atoms with Gasteiger partial charge in [0.2, 0.25) is 5.91 Å². The molecule has 3 nitrogen and oxygen atoms in total. The molecule has 0 aromatic rings. The summed E-state index contributed by atoms with van der Waals surface area (Å²) in [5.41, 5.74) is 0. The average molecular weight is 202 g/mol. The minimum absolute atomic E-state index is 0.192. The van der Waals surface area contributed by atoms with Crippen molar-refractivity contribution in [2.75, 3.05) is 33.7 Å². The molecule has 1 saturated heterocycles. The van der Waals surface area contributed by atoms with E-state index >= 15 is 0 Å². The van der Waals surface area contributed by atoms with Crippen LogP contribution in [0.15, 0.2) is 0 Å². The maximum Gasteiger partial charge on any atom is 0.236 e. The summed E-state index contributed by atoms with van der Waals surface area (Å²) in [5.74, 6) is 0.192. The van der Waals surface area contributed by atoms with Gasteiger partial charge in [0.1, 0.15) is 0 Å². The van der Waals surface area contributed by atoms with E-state index in [0.29, 0.717) is 11.8 Å². The standard InChI is InChI=1S/C9H18N2OS/c1-10(2)9(12)7-11-5-3-8(13)4-6-11/h8,13H,3-7H2,1-2H3. The van der Waals surface area contributed by atoms with E-state index in [9.17, 15) is 4.79 Å². The van der Waals surface area contributed by atoms with Crippen LogP contribution in [0.25, 0.3) is 0 Å². The van der Waals surface area contributed by atoms with Gasteiger partial charge in [-0.2, -0.15) is 12.6 Å². The molecule has 0 atom stereocenters. The Morgan fingerprint density at radius 1 is 1.46 bits per heavy atom. The molecule has 0 saturated carbocycles. The van der Waals surface area contributed by atoms with Gasteiger partial charge in [-0.1, -0.05) is 0 Å². The fraction of sp³-hybridized carbons (Fsp3) is 0.889. The summed E-state index contributed by atoms with van der Waals surface area (Å²) in [5, 5.41) is 0.533. The second kappa shape index (κ2) is 4.86. The fourth-order valence-electron chi connectivity index (χ4n) is 1.41. The lowest BCUT2D eigenvalue weighted by Gasteiger charge is -2.29. The molecule has 1 fully saturated rings. The molecule has 0 spiro atoms. The number of nitrogens with zero attached hydrogens (tertiary/aromatic N) is 2. The molecule has 0 bridgehead atoms. The highest BCUT2D eigenvalue weighted by Gasteiger charge is 2.18. The summed E-state index contributed by atoms with van der Waals surface area (Å²) >= 11 is 4.41. The molecule has 76 valence electrons. The van der Waals surface area contributed by atoms with E-state index in [1.54, 1.807) is 19.0 Å². The number of rotatable bonds is 2. The first-order valence-corrected chi connectivity index (χ1v) is 5.22. The van der Waals surface area contributed by atoms with Crippen LogP contribution in [0.3, 0.4) is 0 Å². The van der Waals surface area contributed by atoms with Crippen molar-refractivity contribution >= 4 is 18.5 Å². The largest absolute Gasteiger partial charge is 0.348 e. The van der Waals surface area contributed by atoms with Crippen LogP contribution in [-0.2, 0) is 4.79 Å². The summed E-state index contributed by atoms with van der Waals surface area (Å²) in [6, 6.07) is 0. The Kier molecular flexibility index (Phi) is 4.06. The van der Waals surface area contributed by atoms with E-state index in [-0.39, 0.29) is 5.91 Å². The highest BCUT2D eigenvalue weighted by Crippen LogP contribution is 2.14. The van der Waals surface area contributed by atoms with Gasteiger partial charge >= 0.3 is 0 Å². The number of carbonyl (C=O) groups is 1. The topological polar surface area (TPSA) is 23.6 Å². The van der Waals surface area contributed by atoms with Gasteiger partial charge in [0, 0.05) is 19.3 Å². The normalized spacial score (nSPS) is 20.2. The molecule has 1 aliphatic rings. The zero-order valence-electron chi connectivity index (χ0n) is 8.36. The Morgan fingerprint density at radius 3 is 2.46 bits per heavy atom. The van der Waals surface area contributed by atoms with Crippen LogP contribution in [0, 0.1) is 0 Å². The van der Waals surface area contributed by atoms with Crippen molar-refractivity contribution < 1.29 is 4.79 Å². The first-order chi connectivity index (χ1) is 6.09. The highest BCUT2D eigenvalue weighted by atomic mass is 32.1. The summed E-state index contributed by atoms with van der Waals surface area (Å²) in [7, 11) is 3.60. The molecule has 0 aromatic heterocycles. The van der Waals surface area contributed by atoms with Gasteiger partial charge in [0.25, 0.3) is 0 Å². The molecule has 0 N–H and O–H groups in total. The highest BCUT2D eigenvalue weighted by molar-refractivity contribution is 7.80. The first kappa shape index (κ1) is 10.9. The van der Waals surface area contributed by atoms with E-state index in [2.05, 4.69) is 17.5 Å². The molecule has 4 heteroatoms. The monoisotopic (exact) mass is 202 g/mol. The molecule has 1 heterocycles. The SMILES string of the molecule is CN(C)C(=O)CN1CCC(S)CC1. The maximum atomic E-state index is 11.4. The molecule has 1 aliphatic heterocycles. The van der Waals surface area contributed by atoms with Crippen LogP contribution < -0.4 is 0 Å². The molecule has 13 heavy (non-hydrogen) atoms. The summed E-state index contributed by atoms with van der Waals surface area (Å²) in [6.45, 7) is 2.58. The Labute approximate surface area is 85.5 Å². The lowest BCUT2D eigenvalue weighted by atomic mass is 10.1. The van der Waals surface area contributed by atoms with Crippen molar-refractivity contribution in [1.82, 2.24) is 9.80 Å². The molecular formula is C9H18N2OS. The fourth-order valence-corrected chi connectivity index (χ4v) is 1.64. The number of hydrogen-bond acceptors (Lipinski definition) is 3. The number of likely N-dealkylation sites (tertiary alicyclic amines) is 1. The van der Waals surface area contributed by atoms with Crippen molar-refractivity contribution in [3.05, 3.63) is 0 Å². The third-order valence-electron chi connectivity index (χ3n) is 2.41. The van der Waals surface area contributed by atoms with E-state index in [1.165, 1.54) is 0 Å². The van der Waals surface area contributed by atoms with Gasteiger partial charge in [-0.15, -0.1) is 0 Å². The molecule has 0 unspecified atom stereocenters. The third kappa shape index (κ3) is 3.56. The smallest absolute Gasteiger partial charge is 0.236 e. The quantitative estimate of drug-likeness (QED) is 0.658. The van der Waals surface area contributed by atoms with E-state index in [4.69, 9.17) is 0 Å². The Hall–Kier alpha value is -0.220. The van der Waals surface area contributed by atoms with E-state index < -0.39 is 0 Å². The zero-order chi connectivity index (χ0) is 9.84. The lowest BCUT2D eigenvalue weighted by Crippen LogP contribution is -2.41. The van der Waals surface area contributed by atoms with Crippen LogP contribution >= 0.6 is 12.6 Å². The second-order valence-electron chi connectivity index (χ2n) is 3.80. The number of amides is 1. The predicted molar refractivity (Wildman–Crippen MR) is 57.1 cm³/mol. The predicted octanol–water partition coefficient (Wildman–Crippen LogP) is 0.469. The summed E-state index contributed by atoms with van der Waals surface area (Å²) in [6.07, 6.45) is 2.20. The van der Waals surface area contributed by atoms with Gasteiger partial charge in [-0.25, -0.2) is 0 Å². The minimum atomic E-state index is 0.192. The van der Waals surface area contributed by atoms with Crippen LogP contribution in [0.1, 0.15) is 12.8 Å². The molecule has 1 rings (SSSR count). The van der Waals surface area contributed by atoms with Crippen LogP contribution in [-0.4, -0.2) is 54.7 Å². The van der Waals surface area contributed by atoms with Crippen LogP contribution in [0.5, 0.6) is 0 Å². The minimum Gasteiger partial charge on any atom is -0.348 e. The zero-order valence-corrected chi connectivity index (χ0v) is 9.26. The van der Waals surface area contributed by atoms with Gasteiger partial charge in [-0.05, 0) is 25.9 Å². The Morgan fingerprint density at radius 2 is 2.00 bits per heavy atom. The molecule has 0 aromatic carbocycles. The third-order valence-corrected chi connectivity index (χ3v) is 2.93. The summed E-state index contributed by atoms with van der Waals surface area (Å²) < 4.78 is 0. The van der Waals surface area contributed by atoms with Crippen LogP contribution in [0.2, 0.25) is 0 Å². The number of hydrogen-bond donors (Lipinski definition) is 1. The van der Waals surface area contributed by atoms with Crippen molar-refractivity contribution in [2.24, 2.45) is 0 Å². The van der Waals surface area contributed by atoms with Crippen molar-refractivity contribution in [3.8, 4) is 0 Å². The lowest BCUT2D eigenvalue weighted by molar-refractivity contribution is -0.130. The molecular weight excluding hydrogens is 184 g/mol. The summed E-state index contributed by atoms with van der Waals surface area (Å²) in [4.78, 5) is 15.2. The van der Waals surface area contributed by atoms with Gasteiger partial charge in [0.15, 0.2) is 0 Å². The Balaban J connectivity index is 2.26. The van der Waals surface area contributed by atoms with Gasteiger partial charge in [0.05, 0.1) is 6.54 Å². The number of thiol groups is 1. The van der Waals surface area contributed by atoms with E-state index in [0.717, 1.165) is 25.9 Å². The maximum absolute atomic E-state index is 11.4. The molecule has 0 aliphatic carbocycles. The average Bonchev–Trinajstić information content (AvgIpc) is 2.08. The van der Waals surface area contributed by atoms with Gasteiger partial charge in [-0.3, -0.25) is 9.69 Å². The molecule has 1 amide bonds.